The highest BCUT2D eigenvalue weighted by Gasteiger charge is 2.50. The highest BCUT2D eigenvalue weighted by Crippen LogP contribution is 2.54. The van der Waals surface area contributed by atoms with Crippen molar-refractivity contribution in [3.8, 4) is 0 Å². The summed E-state index contributed by atoms with van der Waals surface area (Å²) in [6, 6.07) is 16.7. The van der Waals surface area contributed by atoms with Crippen LogP contribution in [0.2, 0.25) is 0 Å². The quantitative estimate of drug-likeness (QED) is 0.287. The van der Waals surface area contributed by atoms with E-state index in [0.29, 0.717) is 29.9 Å². The van der Waals surface area contributed by atoms with Gasteiger partial charge < -0.3 is 15.0 Å². The maximum Gasteiger partial charge on any atom is 0.416 e. The molecule has 1 atom stereocenters. The molecular weight excluding hydrogens is 563 g/mol. The molecule has 2 N–H and O–H groups in total. The van der Waals surface area contributed by atoms with Gasteiger partial charge in [-0.1, -0.05) is 42.5 Å². The Hall–Kier alpha value is -3.76. The maximum absolute atomic E-state index is 13.4. The van der Waals surface area contributed by atoms with Crippen molar-refractivity contribution < 1.29 is 23.1 Å². The number of nitrogens with one attached hydrogen (secondary N) is 1. The number of aromatic amines is 1. The van der Waals surface area contributed by atoms with Crippen molar-refractivity contribution in [1.82, 2.24) is 14.9 Å². The Kier molecular flexibility index (Phi) is 7.53. The molecule has 10 heteroatoms. The van der Waals surface area contributed by atoms with Gasteiger partial charge in [0.1, 0.15) is 5.82 Å². The second-order valence-electron chi connectivity index (χ2n) is 11.1. The predicted octanol–water partition coefficient (Wildman–Crippen LogP) is 5.72. The number of aryl methyl sites for hydroxylation is 3. The van der Waals surface area contributed by atoms with E-state index in [1.54, 1.807) is 11.3 Å². The maximum atomic E-state index is 13.4. The van der Waals surface area contributed by atoms with E-state index in [2.05, 4.69) is 28.6 Å². The Morgan fingerprint density at radius 3 is 2.57 bits per heavy atom. The molecule has 1 amide bonds. The summed E-state index contributed by atoms with van der Waals surface area (Å²) in [5.41, 5.74) is 1.81. The molecule has 218 valence electrons. The van der Waals surface area contributed by atoms with Crippen LogP contribution < -0.4 is 5.56 Å². The number of hydrogen-bond donors (Lipinski definition) is 2. The number of halogens is 3. The fraction of sp³-hybridized carbons (Fsp3) is 0.344. The SMILES string of the molecule is O=C([C@H](O)c1cccc(C(F)(F)F)c1)N1CCCc2nc(C3(c4cc(CCc5ccccc5)cs4)CC3)[nH]c(=O)c2C1. The number of carbonyl (C=O) groups is 1. The monoisotopic (exact) mass is 593 g/mol. The lowest BCUT2D eigenvalue weighted by Crippen LogP contribution is -2.36. The van der Waals surface area contributed by atoms with Crippen LogP contribution in [-0.2, 0) is 42.2 Å². The molecule has 0 unspecified atom stereocenters. The van der Waals surface area contributed by atoms with E-state index in [1.807, 2.05) is 18.2 Å². The van der Waals surface area contributed by atoms with Gasteiger partial charge in [-0.2, -0.15) is 13.2 Å². The number of alkyl halides is 3. The Bertz CT molecular complexity index is 1660. The van der Waals surface area contributed by atoms with Crippen molar-refractivity contribution in [2.45, 2.75) is 62.8 Å². The van der Waals surface area contributed by atoms with E-state index in [1.165, 1.54) is 27.0 Å². The standard InChI is InChI=1S/C32H30F3N3O3S/c33-32(34,35)23-9-4-8-22(17-23)27(39)29(41)38-15-5-10-25-24(18-38)28(40)37-30(36-25)31(13-14-31)26-16-21(19-42-26)12-11-20-6-2-1-3-7-20/h1-4,6-9,16-17,19,27,39H,5,10-15,18H2,(H,36,37,40)/t27-/m1/s1. The van der Waals surface area contributed by atoms with Crippen LogP contribution in [0.15, 0.2) is 70.8 Å². The Morgan fingerprint density at radius 1 is 1.07 bits per heavy atom. The van der Waals surface area contributed by atoms with Crippen LogP contribution >= 0.6 is 11.3 Å². The molecule has 6 rings (SSSR count). The third-order valence-corrected chi connectivity index (χ3v) is 9.42. The van der Waals surface area contributed by atoms with E-state index in [0.717, 1.165) is 43.9 Å². The molecule has 42 heavy (non-hydrogen) atoms. The Labute approximate surface area is 244 Å². The van der Waals surface area contributed by atoms with Gasteiger partial charge in [-0.15, -0.1) is 11.3 Å². The minimum absolute atomic E-state index is 0.0670. The summed E-state index contributed by atoms with van der Waals surface area (Å²) < 4.78 is 39.5. The first-order valence-electron chi connectivity index (χ1n) is 14.0. The summed E-state index contributed by atoms with van der Waals surface area (Å²) in [6.07, 6.45) is -1.70. The topological polar surface area (TPSA) is 86.3 Å². The van der Waals surface area contributed by atoms with Crippen LogP contribution in [0.1, 0.15) is 69.6 Å². The molecule has 1 aliphatic carbocycles. The van der Waals surface area contributed by atoms with E-state index < -0.39 is 23.8 Å². The second kappa shape index (κ2) is 11.1. The second-order valence-corrected chi connectivity index (χ2v) is 12.0. The minimum Gasteiger partial charge on any atom is -0.378 e. The van der Waals surface area contributed by atoms with Gasteiger partial charge in [0.2, 0.25) is 0 Å². The number of carbonyl (C=O) groups excluding carboxylic acids is 1. The van der Waals surface area contributed by atoms with Gasteiger partial charge in [-0.3, -0.25) is 9.59 Å². The van der Waals surface area contributed by atoms with Crippen LogP contribution in [0.5, 0.6) is 0 Å². The fourth-order valence-electron chi connectivity index (χ4n) is 5.65. The molecule has 2 aliphatic rings. The fourth-order valence-corrected chi connectivity index (χ4v) is 6.86. The molecular formula is C32H30F3N3O3S. The first-order valence-corrected chi connectivity index (χ1v) is 14.9. The number of thiophene rings is 1. The van der Waals surface area contributed by atoms with Crippen molar-refractivity contribution in [3.05, 3.63) is 121 Å². The number of benzene rings is 2. The average Bonchev–Trinajstić information content (AvgIpc) is 3.71. The number of nitrogens with zero attached hydrogens (tertiary/aromatic N) is 2. The summed E-state index contributed by atoms with van der Waals surface area (Å²) in [5.74, 6) is -0.0996. The van der Waals surface area contributed by atoms with Crippen LogP contribution in [0.4, 0.5) is 13.2 Å². The lowest BCUT2D eigenvalue weighted by atomic mass is 10.0. The van der Waals surface area contributed by atoms with Crippen LogP contribution in [0.25, 0.3) is 0 Å². The molecule has 2 aromatic heterocycles. The molecule has 0 saturated heterocycles. The van der Waals surface area contributed by atoms with E-state index in [-0.39, 0.29) is 29.6 Å². The lowest BCUT2D eigenvalue weighted by molar-refractivity contribution is -0.142. The van der Waals surface area contributed by atoms with Gasteiger partial charge in [-0.05, 0) is 78.8 Å². The van der Waals surface area contributed by atoms with Gasteiger partial charge in [0.15, 0.2) is 6.10 Å². The molecule has 3 heterocycles. The number of aromatic nitrogens is 2. The molecule has 1 aliphatic heterocycles. The first kappa shape index (κ1) is 28.4. The smallest absolute Gasteiger partial charge is 0.378 e. The van der Waals surface area contributed by atoms with Crippen LogP contribution in [-0.4, -0.2) is 32.4 Å². The van der Waals surface area contributed by atoms with Gasteiger partial charge >= 0.3 is 6.18 Å². The number of aliphatic hydroxyl groups is 1. The van der Waals surface area contributed by atoms with E-state index >= 15 is 0 Å². The van der Waals surface area contributed by atoms with Gasteiger partial charge in [-0.25, -0.2) is 4.98 Å². The van der Waals surface area contributed by atoms with Gasteiger partial charge in [0.05, 0.1) is 28.8 Å². The van der Waals surface area contributed by atoms with Crippen LogP contribution in [0.3, 0.4) is 0 Å². The Balaban J connectivity index is 1.19. The predicted molar refractivity (Wildman–Crippen MR) is 153 cm³/mol. The zero-order chi connectivity index (χ0) is 29.5. The number of amides is 1. The zero-order valence-corrected chi connectivity index (χ0v) is 23.6. The number of rotatable bonds is 7. The van der Waals surface area contributed by atoms with Crippen molar-refractivity contribution in [2.75, 3.05) is 6.54 Å². The Morgan fingerprint density at radius 2 is 1.83 bits per heavy atom. The summed E-state index contributed by atoms with van der Waals surface area (Å²) >= 11 is 1.69. The number of hydrogen-bond acceptors (Lipinski definition) is 5. The molecule has 4 aromatic rings. The van der Waals surface area contributed by atoms with Crippen molar-refractivity contribution in [2.24, 2.45) is 0 Å². The molecule has 1 fully saturated rings. The van der Waals surface area contributed by atoms with E-state index in [4.69, 9.17) is 4.98 Å². The van der Waals surface area contributed by atoms with Crippen molar-refractivity contribution >= 4 is 17.2 Å². The van der Waals surface area contributed by atoms with Crippen molar-refractivity contribution in [3.63, 3.8) is 0 Å². The van der Waals surface area contributed by atoms with Crippen molar-refractivity contribution in [1.29, 1.82) is 0 Å². The largest absolute Gasteiger partial charge is 0.416 e. The highest BCUT2D eigenvalue weighted by molar-refractivity contribution is 7.10. The van der Waals surface area contributed by atoms with Gasteiger partial charge in [0, 0.05) is 11.4 Å². The summed E-state index contributed by atoms with van der Waals surface area (Å²) in [4.78, 5) is 36.9. The molecule has 6 nitrogen and oxygen atoms in total. The third-order valence-electron chi connectivity index (χ3n) is 8.24. The highest BCUT2D eigenvalue weighted by atomic mass is 32.1. The normalized spacial score (nSPS) is 16.9. The average molecular weight is 594 g/mol. The van der Waals surface area contributed by atoms with Gasteiger partial charge in [0.25, 0.3) is 11.5 Å². The summed E-state index contributed by atoms with van der Waals surface area (Å²) in [7, 11) is 0. The summed E-state index contributed by atoms with van der Waals surface area (Å²) in [6.45, 7) is 0.184. The zero-order valence-electron chi connectivity index (χ0n) is 22.8. The lowest BCUT2D eigenvalue weighted by Gasteiger charge is -2.24. The summed E-state index contributed by atoms with van der Waals surface area (Å²) in [5, 5.41) is 12.9. The van der Waals surface area contributed by atoms with E-state index in [9.17, 15) is 27.9 Å². The van der Waals surface area contributed by atoms with Crippen LogP contribution in [0, 0.1) is 0 Å². The minimum atomic E-state index is -4.59. The molecule has 0 spiro atoms. The molecule has 0 radical (unpaired) electrons. The molecule has 2 aromatic carbocycles. The molecule has 0 bridgehead atoms. The molecule has 1 saturated carbocycles. The number of H-pyrrole nitrogens is 1. The number of aliphatic hydroxyl groups excluding tert-OH is 1. The first-order chi connectivity index (χ1) is 20.1. The third kappa shape index (κ3) is 5.65. The number of fused-ring (bicyclic) bond motifs is 1.